The van der Waals surface area contributed by atoms with Crippen LogP contribution in [0.3, 0.4) is 0 Å². The highest BCUT2D eigenvalue weighted by molar-refractivity contribution is 6.08. The minimum atomic E-state index is -1.52. The Labute approximate surface area is 208 Å². The molecule has 0 saturated carbocycles. The number of carbonyl (C=O) groups is 2. The van der Waals surface area contributed by atoms with Crippen molar-refractivity contribution < 1.29 is 18.7 Å². The van der Waals surface area contributed by atoms with E-state index < -0.39 is 12.1 Å². The lowest BCUT2D eigenvalue weighted by Crippen LogP contribution is -2.42. The largest absolute Gasteiger partial charge is 0.437 e. The van der Waals surface area contributed by atoms with Gasteiger partial charge in [-0.15, -0.1) is 0 Å². The SMILES string of the molecule is C=CC=N/C(Oc1ccc(C(=O)c2nc3ccccc3[nH]2)cc1)=C(\N)C1CCN(C(=O)[C@H](C)F)CC1. The molecule has 36 heavy (non-hydrogen) atoms. The van der Waals surface area contributed by atoms with Crippen LogP contribution in [0.4, 0.5) is 4.39 Å². The van der Waals surface area contributed by atoms with Crippen LogP contribution in [0, 0.1) is 5.92 Å². The van der Waals surface area contributed by atoms with E-state index in [4.69, 9.17) is 10.5 Å². The fraction of sp³-hybridized carbons (Fsp3) is 0.259. The second-order valence-electron chi connectivity index (χ2n) is 8.55. The Balaban J connectivity index is 1.48. The molecule has 0 bridgehead atoms. The highest BCUT2D eigenvalue weighted by Crippen LogP contribution is 2.27. The molecule has 1 aliphatic heterocycles. The molecule has 186 valence electrons. The topological polar surface area (TPSA) is 114 Å². The monoisotopic (exact) mass is 489 g/mol. The van der Waals surface area contributed by atoms with E-state index in [2.05, 4.69) is 21.5 Å². The molecular formula is C27H28FN5O3. The van der Waals surface area contributed by atoms with Crippen molar-refractivity contribution >= 4 is 28.9 Å². The van der Waals surface area contributed by atoms with E-state index in [0.29, 0.717) is 42.9 Å². The summed E-state index contributed by atoms with van der Waals surface area (Å²) in [7, 11) is 0. The van der Waals surface area contributed by atoms with Crippen LogP contribution in [0.5, 0.6) is 5.75 Å². The van der Waals surface area contributed by atoms with E-state index in [9.17, 15) is 14.0 Å². The summed E-state index contributed by atoms with van der Waals surface area (Å²) in [5.41, 5.74) is 8.82. The van der Waals surface area contributed by atoms with Crippen LogP contribution in [-0.2, 0) is 4.79 Å². The van der Waals surface area contributed by atoms with E-state index in [0.717, 1.165) is 11.0 Å². The first-order chi connectivity index (χ1) is 17.4. The average molecular weight is 490 g/mol. The molecule has 3 N–H and O–H groups in total. The van der Waals surface area contributed by atoms with E-state index in [-0.39, 0.29) is 23.4 Å². The van der Waals surface area contributed by atoms with Crippen molar-refractivity contribution in [1.29, 1.82) is 0 Å². The molecule has 1 amide bonds. The molecule has 1 fully saturated rings. The number of alkyl halides is 1. The number of piperidine rings is 1. The Morgan fingerprint density at radius 1 is 1.22 bits per heavy atom. The first-order valence-electron chi connectivity index (χ1n) is 11.7. The van der Waals surface area contributed by atoms with Gasteiger partial charge in [-0.05, 0) is 56.2 Å². The van der Waals surface area contributed by atoms with Crippen LogP contribution < -0.4 is 10.5 Å². The highest BCUT2D eigenvalue weighted by Gasteiger charge is 2.28. The number of carbonyl (C=O) groups excluding carboxylic acids is 2. The predicted molar refractivity (Wildman–Crippen MR) is 136 cm³/mol. The maximum Gasteiger partial charge on any atom is 0.256 e. The lowest BCUT2D eigenvalue weighted by atomic mass is 9.93. The van der Waals surface area contributed by atoms with E-state index in [1.54, 1.807) is 24.3 Å². The predicted octanol–water partition coefficient (Wildman–Crippen LogP) is 4.15. The van der Waals surface area contributed by atoms with Gasteiger partial charge in [-0.25, -0.2) is 14.4 Å². The van der Waals surface area contributed by atoms with Gasteiger partial charge in [0.1, 0.15) is 5.75 Å². The number of halogens is 1. The number of rotatable bonds is 8. The zero-order valence-electron chi connectivity index (χ0n) is 20.0. The molecule has 0 unspecified atom stereocenters. The molecule has 2 heterocycles. The summed E-state index contributed by atoms with van der Waals surface area (Å²) in [6, 6.07) is 14.1. The molecule has 0 aliphatic carbocycles. The number of aliphatic imine (C=N–C) groups is 1. The summed E-state index contributed by atoms with van der Waals surface area (Å²) in [5, 5.41) is 0. The van der Waals surface area contributed by atoms with Gasteiger partial charge in [-0.2, -0.15) is 0 Å². The van der Waals surface area contributed by atoms with Gasteiger partial charge in [0.05, 0.1) is 16.7 Å². The van der Waals surface area contributed by atoms with Crippen molar-refractivity contribution in [3.63, 3.8) is 0 Å². The van der Waals surface area contributed by atoms with Crippen molar-refractivity contribution in [2.75, 3.05) is 13.1 Å². The number of ketones is 1. The lowest BCUT2D eigenvalue weighted by molar-refractivity contribution is -0.137. The van der Waals surface area contributed by atoms with Crippen LogP contribution >= 0.6 is 0 Å². The van der Waals surface area contributed by atoms with Crippen LogP contribution in [-0.4, -0.2) is 52.0 Å². The number of H-pyrrole nitrogens is 1. The minimum Gasteiger partial charge on any atom is -0.437 e. The molecule has 2 aromatic carbocycles. The van der Waals surface area contributed by atoms with Gasteiger partial charge >= 0.3 is 0 Å². The summed E-state index contributed by atoms with van der Waals surface area (Å²) in [6.45, 7) is 5.71. The molecule has 8 nitrogen and oxygen atoms in total. The number of aromatic nitrogens is 2. The Morgan fingerprint density at radius 2 is 1.92 bits per heavy atom. The second kappa shape index (κ2) is 11.0. The number of imidazole rings is 1. The van der Waals surface area contributed by atoms with Crippen LogP contribution in [0.15, 0.2) is 77.8 Å². The summed E-state index contributed by atoms with van der Waals surface area (Å²) in [5.74, 6) is 0.118. The number of hydrogen-bond acceptors (Lipinski definition) is 6. The van der Waals surface area contributed by atoms with Crippen molar-refractivity contribution in [2.45, 2.75) is 25.9 Å². The Bertz CT molecular complexity index is 1290. The molecule has 4 rings (SSSR count). The van der Waals surface area contributed by atoms with Crippen LogP contribution in [0.2, 0.25) is 0 Å². The number of ether oxygens (including phenoxy) is 1. The van der Waals surface area contributed by atoms with E-state index >= 15 is 0 Å². The fourth-order valence-corrected chi connectivity index (χ4v) is 4.10. The van der Waals surface area contributed by atoms with Crippen molar-refractivity contribution in [1.82, 2.24) is 14.9 Å². The summed E-state index contributed by atoms with van der Waals surface area (Å²) < 4.78 is 19.3. The van der Waals surface area contributed by atoms with Gasteiger partial charge < -0.3 is 20.4 Å². The molecule has 0 radical (unpaired) electrons. The smallest absolute Gasteiger partial charge is 0.256 e. The molecule has 0 spiro atoms. The number of nitrogens with one attached hydrogen (secondary N) is 1. The highest BCUT2D eigenvalue weighted by atomic mass is 19.1. The fourth-order valence-electron chi connectivity index (χ4n) is 4.10. The van der Waals surface area contributed by atoms with Crippen LogP contribution in [0.25, 0.3) is 11.0 Å². The van der Waals surface area contributed by atoms with Gasteiger partial charge in [-0.3, -0.25) is 9.59 Å². The Kier molecular flexibility index (Phi) is 7.58. The maximum absolute atomic E-state index is 13.4. The normalized spacial score (nSPS) is 16.1. The standard InChI is InChI=1S/C27H28FN5O3/c1-3-14-30-26(23(29)18-12-15-33(16-13-18)27(35)17(2)28)36-20-10-8-19(9-11-20)24(34)25-31-21-6-4-5-7-22(21)32-25/h3-11,14,17-18H,1,12-13,15-16,29H2,2H3,(H,31,32)/b26-23+,30-14?/t17-/m0/s1. The molecule has 1 saturated heterocycles. The van der Waals surface area contributed by atoms with Gasteiger partial charge in [0, 0.05) is 30.8 Å². The third kappa shape index (κ3) is 5.51. The number of hydrogen-bond donors (Lipinski definition) is 2. The summed E-state index contributed by atoms with van der Waals surface area (Å²) in [4.78, 5) is 38.0. The van der Waals surface area contributed by atoms with E-state index in [1.165, 1.54) is 24.1 Å². The van der Waals surface area contributed by atoms with Gasteiger partial charge in [-0.1, -0.05) is 24.8 Å². The molecule has 1 atom stereocenters. The number of allylic oxidation sites excluding steroid dienone is 2. The lowest BCUT2D eigenvalue weighted by Gasteiger charge is -2.32. The van der Waals surface area contributed by atoms with Crippen molar-refractivity contribution in [2.24, 2.45) is 16.6 Å². The number of fused-ring (bicyclic) bond motifs is 1. The third-order valence-electron chi connectivity index (χ3n) is 6.07. The number of aromatic amines is 1. The maximum atomic E-state index is 13.4. The zero-order chi connectivity index (χ0) is 25.7. The Hall–Kier alpha value is -4.27. The van der Waals surface area contributed by atoms with Crippen LogP contribution in [0.1, 0.15) is 35.9 Å². The summed E-state index contributed by atoms with van der Waals surface area (Å²) >= 11 is 0. The molecule has 9 heteroatoms. The quantitative estimate of drug-likeness (QED) is 0.280. The van der Waals surface area contributed by atoms with Crippen molar-refractivity contribution in [3.8, 4) is 5.75 Å². The number of amides is 1. The molecule has 1 aromatic heterocycles. The number of benzene rings is 2. The molecular weight excluding hydrogens is 461 g/mol. The van der Waals surface area contributed by atoms with Gasteiger partial charge in [0.25, 0.3) is 5.91 Å². The first-order valence-corrected chi connectivity index (χ1v) is 11.7. The van der Waals surface area contributed by atoms with Gasteiger partial charge in [0.2, 0.25) is 11.7 Å². The minimum absolute atomic E-state index is 0.0742. The second-order valence-corrected chi connectivity index (χ2v) is 8.55. The zero-order valence-corrected chi connectivity index (χ0v) is 20.0. The first kappa shape index (κ1) is 24.8. The van der Waals surface area contributed by atoms with E-state index in [1.807, 2.05) is 24.3 Å². The average Bonchev–Trinajstić information content (AvgIpc) is 3.34. The molecule has 3 aromatic rings. The van der Waals surface area contributed by atoms with Crippen molar-refractivity contribution in [3.05, 3.63) is 84.2 Å². The third-order valence-corrected chi connectivity index (χ3v) is 6.07. The Morgan fingerprint density at radius 3 is 2.56 bits per heavy atom. The number of likely N-dealkylation sites (tertiary alicyclic amines) is 1. The number of nitrogens with zero attached hydrogens (tertiary/aromatic N) is 3. The number of para-hydroxylation sites is 2. The number of nitrogens with two attached hydrogens (primary N) is 1. The molecule has 1 aliphatic rings. The summed E-state index contributed by atoms with van der Waals surface area (Å²) in [6.07, 6.45) is 2.62. The van der Waals surface area contributed by atoms with Gasteiger partial charge in [0.15, 0.2) is 12.0 Å².